The fraction of sp³-hybridized carbons (Fsp3) is 0.900. The van der Waals surface area contributed by atoms with Crippen LogP contribution >= 0.6 is 15.9 Å². The summed E-state index contributed by atoms with van der Waals surface area (Å²) in [6, 6.07) is 0. The Bertz CT molecular complexity index is 721. The number of rotatable bonds is 15. The number of fused-ring (bicyclic) bond motifs is 1. The number of aliphatic carboxylic acids is 1. The molecular formula is C30H49BrO7. The van der Waals surface area contributed by atoms with Crippen molar-refractivity contribution in [2.45, 2.75) is 145 Å². The number of carboxylic acids is 1. The van der Waals surface area contributed by atoms with Crippen LogP contribution in [-0.4, -0.2) is 66.1 Å². The van der Waals surface area contributed by atoms with Crippen LogP contribution in [0.4, 0.5) is 0 Å². The molecule has 0 aromatic carbocycles. The number of unbranched alkanes of at least 4 members (excludes halogenated alkanes) is 2. The van der Waals surface area contributed by atoms with Gasteiger partial charge < -0.3 is 28.8 Å². The maximum absolute atomic E-state index is 10.9. The van der Waals surface area contributed by atoms with E-state index in [1.165, 1.54) is 19.3 Å². The smallest absolute Gasteiger partial charge is 0.303 e. The lowest BCUT2D eigenvalue weighted by Crippen LogP contribution is -2.32. The van der Waals surface area contributed by atoms with Crippen molar-refractivity contribution in [1.82, 2.24) is 0 Å². The summed E-state index contributed by atoms with van der Waals surface area (Å²) in [6.45, 7) is 3.80. The molecule has 0 amide bonds. The van der Waals surface area contributed by atoms with Crippen LogP contribution < -0.4 is 0 Å². The molecule has 4 fully saturated rings. The summed E-state index contributed by atoms with van der Waals surface area (Å²) in [5.74, 6) is -0.108. The second-order valence-electron chi connectivity index (χ2n) is 11.5. The van der Waals surface area contributed by atoms with E-state index in [1.54, 1.807) is 0 Å². The van der Waals surface area contributed by atoms with E-state index in [9.17, 15) is 4.79 Å². The Hall–Kier alpha value is -0.510. The van der Waals surface area contributed by atoms with Crippen LogP contribution in [0.1, 0.15) is 103 Å². The zero-order valence-corrected chi connectivity index (χ0v) is 24.7. The molecule has 4 aliphatic rings. The van der Waals surface area contributed by atoms with Crippen LogP contribution in [0.3, 0.4) is 0 Å². The minimum absolute atomic E-state index is 0.0494. The number of alkyl halides is 1. The number of ether oxygens (including phenoxy) is 5. The van der Waals surface area contributed by atoms with E-state index < -0.39 is 5.97 Å². The van der Waals surface area contributed by atoms with Gasteiger partial charge in [-0.15, -0.1) is 0 Å². The first-order chi connectivity index (χ1) is 18.5. The van der Waals surface area contributed by atoms with Gasteiger partial charge >= 0.3 is 5.97 Å². The van der Waals surface area contributed by atoms with Crippen molar-refractivity contribution in [3.8, 4) is 0 Å². The zero-order chi connectivity index (χ0) is 26.7. The number of halogens is 1. The molecule has 1 N–H and O–H groups in total. The lowest BCUT2D eigenvalue weighted by molar-refractivity contribution is -0.194. The highest BCUT2D eigenvalue weighted by molar-refractivity contribution is 9.09. The molecule has 0 aromatic rings. The lowest BCUT2D eigenvalue weighted by atomic mass is 9.88. The molecule has 3 saturated heterocycles. The van der Waals surface area contributed by atoms with Gasteiger partial charge in [-0.25, -0.2) is 0 Å². The Morgan fingerprint density at radius 3 is 2.47 bits per heavy atom. The first-order valence-corrected chi connectivity index (χ1v) is 16.2. The highest BCUT2D eigenvalue weighted by Gasteiger charge is 2.50. The van der Waals surface area contributed by atoms with Gasteiger partial charge in [0, 0.05) is 36.8 Å². The molecule has 0 bridgehead atoms. The minimum atomic E-state index is -0.738. The average molecular weight is 602 g/mol. The van der Waals surface area contributed by atoms with Gasteiger partial charge in [0.15, 0.2) is 12.6 Å². The first kappa shape index (κ1) is 30.4. The van der Waals surface area contributed by atoms with Crippen LogP contribution in [0, 0.1) is 11.8 Å². The number of hydrogen-bond acceptors (Lipinski definition) is 6. The SMILES string of the molecule is CCCCC[C@@H](/C=C/[C@@H]1[C@H]2C[C@@H]([C@@H](Br)CCCC(=O)O)O[C@H]2C[C@H]1OC1CCCCO1)OC1CCCCO1. The van der Waals surface area contributed by atoms with Crippen LogP contribution in [-0.2, 0) is 28.5 Å². The maximum atomic E-state index is 10.9. The van der Waals surface area contributed by atoms with Crippen molar-refractivity contribution < 1.29 is 33.6 Å². The molecule has 2 unspecified atom stereocenters. The Balaban J connectivity index is 1.41. The molecule has 1 aliphatic carbocycles. The van der Waals surface area contributed by atoms with Crippen molar-refractivity contribution in [1.29, 1.82) is 0 Å². The third kappa shape index (κ3) is 9.27. The molecule has 9 atom stereocenters. The summed E-state index contributed by atoms with van der Waals surface area (Å²) >= 11 is 3.81. The summed E-state index contributed by atoms with van der Waals surface area (Å²) in [6.07, 6.45) is 19.4. The van der Waals surface area contributed by atoms with Gasteiger partial charge in [0.2, 0.25) is 0 Å². The van der Waals surface area contributed by atoms with Gasteiger partial charge in [-0.1, -0.05) is 54.3 Å². The predicted octanol–water partition coefficient (Wildman–Crippen LogP) is 6.76. The molecule has 7 nitrogen and oxygen atoms in total. The predicted molar refractivity (Wildman–Crippen MR) is 149 cm³/mol. The van der Waals surface area contributed by atoms with Gasteiger partial charge in [0.25, 0.3) is 0 Å². The maximum Gasteiger partial charge on any atom is 0.303 e. The normalized spacial score (nSPS) is 35.4. The first-order valence-electron chi connectivity index (χ1n) is 15.3. The van der Waals surface area contributed by atoms with E-state index >= 15 is 0 Å². The molecule has 1 saturated carbocycles. The Kier molecular flexibility index (Phi) is 12.9. The van der Waals surface area contributed by atoms with Crippen molar-refractivity contribution in [2.75, 3.05) is 13.2 Å². The standard InChI is InChI=1S/C30H49BrO7/c1-2-3-4-10-21(36-29-13-5-7-17-34-29)15-16-22-23-19-27(24(31)11-9-12-28(32)33)37-26(23)20-25(22)38-30-14-6-8-18-35-30/h15-16,21-27,29-30H,2-14,17-20H2,1H3,(H,32,33)/b16-15+/t21-,22+,23+,24-,25+,26-,27-,29?,30?/m0/s1. The molecule has 0 radical (unpaired) electrons. The number of hydrogen-bond donors (Lipinski definition) is 1. The second-order valence-corrected chi connectivity index (χ2v) is 12.7. The second kappa shape index (κ2) is 16.1. The third-order valence-electron chi connectivity index (χ3n) is 8.56. The summed E-state index contributed by atoms with van der Waals surface area (Å²) in [5.41, 5.74) is 0. The highest BCUT2D eigenvalue weighted by atomic mass is 79.9. The third-order valence-corrected chi connectivity index (χ3v) is 9.61. The average Bonchev–Trinajstić information content (AvgIpc) is 3.46. The Morgan fingerprint density at radius 1 is 1.03 bits per heavy atom. The molecule has 4 rings (SSSR count). The fourth-order valence-corrected chi connectivity index (χ4v) is 7.13. The van der Waals surface area contributed by atoms with Gasteiger partial charge in [-0.3, -0.25) is 4.79 Å². The van der Waals surface area contributed by atoms with E-state index in [-0.39, 0.29) is 54.2 Å². The fourth-order valence-electron chi connectivity index (χ4n) is 6.46. The molecule has 38 heavy (non-hydrogen) atoms. The van der Waals surface area contributed by atoms with Crippen molar-refractivity contribution >= 4 is 21.9 Å². The van der Waals surface area contributed by atoms with Crippen LogP contribution in [0.2, 0.25) is 0 Å². The largest absolute Gasteiger partial charge is 0.481 e. The minimum Gasteiger partial charge on any atom is -0.481 e. The molecule has 218 valence electrons. The molecule has 3 aliphatic heterocycles. The monoisotopic (exact) mass is 600 g/mol. The molecule has 8 heteroatoms. The van der Waals surface area contributed by atoms with Crippen LogP contribution in [0.15, 0.2) is 12.2 Å². The zero-order valence-electron chi connectivity index (χ0n) is 23.1. The van der Waals surface area contributed by atoms with Gasteiger partial charge in [0.1, 0.15) is 0 Å². The molecule has 0 aromatic heterocycles. The molecular weight excluding hydrogens is 552 g/mol. The van der Waals surface area contributed by atoms with E-state index in [4.69, 9.17) is 28.8 Å². The highest BCUT2D eigenvalue weighted by Crippen LogP contribution is 2.47. The van der Waals surface area contributed by atoms with Gasteiger partial charge in [-0.2, -0.15) is 0 Å². The van der Waals surface area contributed by atoms with Crippen LogP contribution in [0.5, 0.6) is 0 Å². The van der Waals surface area contributed by atoms with E-state index in [2.05, 4.69) is 35.0 Å². The van der Waals surface area contributed by atoms with Gasteiger partial charge in [0.05, 0.1) is 24.4 Å². The van der Waals surface area contributed by atoms with E-state index in [0.717, 1.165) is 77.4 Å². The summed E-state index contributed by atoms with van der Waals surface area (Å²) in [7, 11) is 0. The summed E-state index contributed by atoms with van der Waals surface area (Å²) < 4.78 is 31.4. The number of carbonyl (C=O) groups is 1. The quantitative estimate of drug-likeness (QED) is 0.126. The van der Waals surface area contributed by atoms with Crippen LogP contribution in [0.25, 0.3) is 0 Å². The summed E-state index contributed by atoms with van der Waals surface area (Å²) in [5, 5.41) is 9.00. The molecule has 0 spiro atoms. The van der Waals surface area contributed by atoms with Crippen molar-refractivity contribution in [3.05, 3.63) is 12.2 Å². The van der Waals surface area contributed by atoms with Crippen molar-refractivity contribution in [2.24, 2.45) is 11.8 Å². The van der Waals surface area contributed by atoms with E-state index in [0.29, 0.717) is 12.3 Å². The van der Waals surface area contributed by atoms with Crippen molar-refractivity contribution in [3.63, 3.8) is 0 Å². The summed E-state index contributed by atoms with van der Waals surface area (Å²) in [4.78, 5) is 11.1. The van der Waals surface area contributed by atoms with E-state index in [1.807, 2.05) is 0 Å². The van der Waals surface area contributed by atoms with Gasteiger partial charge in [-0.05, 0) is 70.1 Å². The molecule has 3 heterocycles. The lowest BCUT2D eigenvalue weighted by Gasteiger charge is -2.30. The Morgan fingerprint density at radius 2 is 1.79 bits per heavy atom. The Labute approximate surface area is 237 Å². The topological polar surface area (TPSA) is 83.5 Å². The number of carboxylic acid groups (broad SMARTS) is 1.